The van der Waals surface area contributed by atoms with Crippen LogP contribution in [0.2, 0.25) is 0 Å². The molecule has 0 aliphatic rings. The molecule has 0 N–H and O–H groups in total. The minimum Gasteiger partial charge on any atom is -0.113 e. The maximum atomic E-state index is 3.70. The average molecular weight is 174 g/mol. The van der Waals surface area contributed by atoms with E-state index in [0.717, 1.165) is 12.0 Å². The summed E-state index contributed by atoms with van der Waals surface area (Å²) in [5.74, 6) is 6.15. The molecular weight excluding hydrogens is 156 g/mol. The molecular formula is C13H18. The first-order valence-electron chi connectivity index (χ1n) is 4.50. The van der Waals surface area contributed by atoms with Crippen LogP contribution in [0.4, 0.5) is 0 Å². The summed E-state index contributed by atoms with van der Waals surface area (Å²) < 4.78 is 0. The van der Waals surface area contributed by atoms with Crippen molar-refractivity contribution in [2.75, 3.05) is 0 Å². The van der Waals surface area contributed by atoms with Gasteiger partial charge in [-0.2, -0.15) is 0 Å². The summed E-state index contributed by atoms with van der Waals surface area (Å²) in [6.07, 6.45) is 4.60. The van der Waals surface area contributed by atoms with Crippen LogP contribution in [-0.2, 0) is 0 Å². The molecule has 0 atom stereocenters. The van der Waals surface area contributed by atoms with Gasteiger partial charge in [-0.25, -0.2) is 0 Å². The van der Waals surface area contributed by atoms with Crippen molar-refractivity contribution >= 4 is 0 Å². The molecule has 0 aromatic carbocycles. The Bertz CT molecular complexity index is 282. The summed E-state index contributed by atoms with van der Waals surface area (Å²) in [6.45, 7) is 11.9. The molecule has 0 fully saturated rings. The van der Waals surface area contributed by atoms with Gasteiger partial charge in [0.05, 0.1) is 0 Å². The third-order valence-corrected chi connectivity index (χ3v) is 1.50. The first-order chi connectivity index (χ1) is 5.98. The highest BCUT2D eigenvalue weighted by molar-refractivity contribution is 5.20. The topological polar surface area (TPSA) is 0 Å². The maximum Gasteiger partial charge on any atom is 0.0301 e. The Kier molecular flexibility index (Phi) is 4.97. The summed E-state index contributed by atoms with van der Waals surface area (Å²) in [7, 11) is 0. The molecule has 0 nitrogen and oxygen atoms in total. The van der Waals surface area contributed by atoms with Crippen molar-refractivity contribution in [2.45, 2.75) is 34.1 Å². The molecule has 0 heterocycles. The average Bonchev–Trinajstić information content (AvgIpc) is 1.98. The predicted molar refractivity (Wildman–Crippen MR) is 59.3 cm³/mol. The third-order valence-electron chi connectivity index (χ3n) is 1.50. The van der Waals surface area contributed by atoms with Crippen LogP contribution in [0, 0.1) is 17.3 Å². The number of rotatable bonds is 2. The number of allylic oxidation sites excluding steroid dienone is 2. The van der Waals surface area contributed by atoms with Gasteiger partial charge >= 0.3 is 0 Å². The van der Waals surface area contributed by atoms with Crippen LogP contribution in [0.3, 0.4) is 0 Å². The Hall–Kier alpha value is -1.18. The molecule has 0 aliphatic carbocycles. The van der Waals surface area contributed by atoms with Crippen molar-refractivity contribution < 1.29 is 0 Å². The molecule has 0 spiro atoms. The molecule has 0 amide bonds. The van der Waals surface area contributed by atoms with Gasteiger partial charge in [0.15, 0.2) is 0 Å². The predicted octanol–water partition coefficient (Wildman–Crippen LogP) is 3.71. The highest BCUT2D eigenvalue weighted by Gasteiger charge is 2.10. The minimum atomic E-state index is 0.0293. The molecule has 0 saturated carbocycles. The SMILES string of the molecule is C=CCC(C)(C)C#CC=C=C(C)C. The van der Waals surface area contributed by atoms with Gasteiger partial charge in [-0.05, 0) is 39.7 Å². The Balaban J connectivity index is 4.41. The van der Waals surface area contributed by atoms with E-state index in [1.807, 2.05) is 19.9 Å². The lowest BCUT2D eigenvalue weighted by Gasteiger charge is -2.13. The van der Waals surface area contributed by atoms with Gasteiger partial charge in [0.2, 0.25) is 0 Å². The molecule has 0 aromatic rings. The monoisotopic (exact) mass is 174 g/mol. The fourth-order valence-corrected chi connectivity index (χ4v) is 0.824. The van der Waals surface area contributed by atoms with E-state index in [1.165, 1.54) is 0 Å². The van der Waals surface area contributed by atoms with E-state index < -0.39 is 0 Å². The molecule has 70 valence electrons. The van der Waals surface area contributed by atoms with Gasteiger partial charge in [-0.1, -0.05) is 17.9 Å². The van der Waals surface area contributed by atoms with E-state index in [0.29, 0.717) is 0 Å². The Labute approximate surface area is 82.0 Å². The van der Waals surface area contributed by atoms with Gasteiger partial charge < -0.3 is 0 Å². The van der Waals surface area contributed by atoms with Crippen LogP contribution in [0.15, 0.2) is 30.0 Å². The first-order valence-corrected chi connectivity index (χ1v) is 4.50. The zero-order valence-electron chi connectivity index (χ0n) is 9.07. The smallest absolute Gasteiger partial charge is 0.0301 e. The highest BCUT2D eigenvalue weighted by atomic mass is 14.1. The van der Waals surface area contributed by atoms with Crippen molar-refractivity contribution in [1.29, 1.82) is 0 Å². The summed E-state index contributed by atoms with van der Waals surface area (Å²) in [5, 5.41) is 0. The van der Waals surface area contributed by atoms with Gasteiger partial charge in [-0.3, -0.25) is 0 Å². The number of hydrogen-bond acceptors (Lipinski definition) is 0. The second-order valence-electron chi connectivity index (χ2n) is 3.93. The van der Waals surface area contributed by atoms with E-state index in [2.05, 4.69) is 38.0 Å². The van der Waals surface area contributed by atoms with Gasteiger partial charge in [0, 0.05) is 11.5 Å². The Morgan fingerprint density at radius 3 is 2.46 bits per heavy atom. The number of hydrogen-bond donors (Lipinski definition) is 0. The van der Waals surface area contributed by atoms with Crippen molar-refractivity contribution in [2.24, 2.45) is 5.41 Å². The van der Waals surface area contributed by atoms with Gasteiger partial charge in [0.25, 0.3) is 0 Å². The summed E-state index contributed by atoms with van der Waals surface area (Å²) >= 11 is 0. The van der Waals surface area contributed by atoms with E-state index >= 15 is 0 Å². The molecule has 0 bridgehead atoms. The second kappa shape index (κ2) is 5.46. The van der Waals surface area contributed by atoms with Crippen LogP contribution in [0.5, 0.6) is 0 Å². The summed E-state index contributed by atoms with van der Waals surface area (Å²) in [5.41, 5.74) is 4.23. The largest absolute Gasteiger partial charge is 0.113 e. The van der Waals surface area contributed by atoms with E-state index in [1.54, 1.807) is 6.08 Å². The fourth-order valence-electron chi connectivity index (χ4n) is 0.824. The molecule has 0 heteroatoms. The lowest BCUT2D eigenvalue weighted by atomic mass is 9.90. The Morgan fingerprint density at radius 1 is 1.38 bits per heavy atom. The summed E-state index contributed by atoms with van der Waals surface area (Å²) in [6, 6.07) is 0. The fraction of sp³-hybridized carbons (Fsp3) is 0.462. The zero-order chi connectivity index (χ0) is 10.3. The zero-order valence-corrected chi connectivity index (χ0v) is 9.07. The van der Waals surface area contributed by atoms with Gasteiger partial charge in [-0.15, -0.1) is 12.3 Å². The lowest BCUT2D eigenvalue weighted by Crippen LogP contribution is -2.05. The molecule has 0 radical (unpaired) electrons. The molecule has 0 saturated heterocycles. The van der Waals surface area contributed by atoms with Crippen molar-refractivity contribution in [1.82, 2.24) is 0 Å². The second-order valence-corrected chi connectivity index (χ2v) is 3.93. The lowest BCUT2D eigenvalue weighted by molar-refractivity contribution is 0.513. The normalized spacial score (nSPS) is 9.23. The van der Waals surface area contributed by atoms with E-state index in [-0.39, 0.29) is 5.41 Å². The van der Waals surface area contributed by atoms with Crippen LogP contribution in [0.1, 0.15) is 34.1 Å². The highest BCUT2D eigenvalue weighted by Crippen LogP contribution is 2.18. The standard InChI is InChI=1S/C13H18/c1-6-10-13(4,5)11-8-7-9-12(2)3/h6-7H,1,10H2,2-5H3. The van der Waals surface area contributed by atoms with Gasteiger partial charge in [0.1, 0.15) is 0 Å². The molecule has 0 aliphatic heterocycles. The summed E-state index contributed by atoms with van der Waals surface area (Å²) in [4.78, 5) is 0. The van der Waals surface area contributed by atoms with Crippen LogP contribution in [-0.4, -0.2) is 0 Å². The van der Waals surface area contributed by atoms with E-state index in [9.17, 15) is 0 Å². The molecule has 13 heavy (non-hydrogen) atoms. The quantitative estimate of drug-likeness (QED) is 0.340. The van der Waals surface area contributed by atoms with Crippen LogP contribution in [0.25, 0.3) is 0 Å². The Morgan fingerprint density at radius 2 is 2.00 bits per heavy atom. The molecule has 0 aromatic heterocycles. The molecule has 0 rings (SSSR count). The van der Waals surface area contributed by atoms with Crippen LogP contribution >= 0.6 is 0 Å². The minimum absolute atomic E-state index is 0.0293. The van der Waals surface area contributed by atoms with Crippen molar-refractivity contribution in [3.05, 3.63) is 30.0 Å². The molecule has 0 unspecified atom stereocenters. The maximum absolute atomic E-state index is 3.70. The first kappa shape index (κ1) is 11.8. The van der Waals surface area contributed by atoms with Crippen LogP contribution < -0.4 is 0 Å². The van der Waals surface area contributed by atoms with Crippen molar-refractivity contribution in [3.63, 3.8) is 0 Å². The van der Waals surface area contributed by atoms with Crippen molar-refractivity contribution in [3.8, 4) is 11.8 Å². The van der Waals surface area contributed by atoms with E-state index in [4.69, 9.17) is 0 Å². The third kappa shape index (κ3) is 7.19.